The molecule has 1 amide bonds. The highest BCUT2D eigenvalue weighted by molar-refractivity contribution is 6.46. The number of aliphatic hydroxyl groups excluding tert-OH is 1. The van der Waals surface area contributed by atoms with Crippen LogP contribution in [0.3, 0.4) is 0 Å². The number of aliphatic hydroxyl groups is 1. The number of ether oxygens (including phenoxy) is 1. The fourth-order valence-electron chi connectivity index (χ4n) is 4.28. The molecule has 1 aromatic heterocycles. The summed E-state index contributed by atoms with van der Waals surface area (Å²) in [4.78, 5) is 31.9. The second-order valence-corrected chi connectivity index (χ2v) is 8.04. The van der Waals surface area contributed by atoms with Gasteiger partial charge in [0.1, 0.15) is 17.3 Å². The zero-order chi connectivity index (χ0) is 23.7. The molecular formula is C26H24N2O5. The average molecular weight is 444 g/mol. The van der Waals surface area contributed by atoms with E-state index in [9.17, 15) is 19.8 Å². The lowest BCUT2D eigenvalue weighted by Gasteiger charge is -2.25. The van der Waals surface area contributed by atoms with Gasteiger partial charge >= 0.3 is 0 Å². The van der Waals surface area contributed by atoms with Gasteiger partial charge in [-0.15, -0.1) is 0 Å². The first-order valence-corrected chi connectivity index (χ1v) is 10.4. The van der Waals surface area contributed by atoms with Crippen LogP contribution in [0.25, 0.3) is 5.76 Å². The van der Waals surface area contributed by atoms with E-state index in [0.717, 1.165) is 16.7 Å². The number of likely N-dealkylation sites (tertiary alicyclic amines) is 1. The third-order valence-corrected chi connectivity index (χ3v) is 5.70. The fourth-order valence-corrected chi connectivity index (χ4v) is 4.28. The molecule has 0 spiro atoms. The Morgan fingerprint density at radius 2 is 1.85 bits per heavy atom. The van der Waals surface area contributed by atoms with Crippen LogP contribution < -0.4 is 4.74 Å². The highest BCUT2D eigenvalue weighted by Crippen LogP contribution is 2.42. The third kappa shape index (κ3) is 4.05. The van der Waals surface area contributed by atoms with E-state index in [0.29, 0.717) is 16.9 Å². The monoisotopic (exact) mass is 444 g/mol. The standard InChI is InChI=1S/C26H24N2O5/c1-15-11-16(2)25(33-3)20(12-15)23(30)21-22(18-6-8-19(29)9-7-18)28(26(32)24(21)31)14-17-5-4-10-27-13-17/h4-13,22,29-30H,14H2,1-3H3/b23-21+. The van der Waals surface area contributed by atoms with Gasteiger partial charge in [0, 0.05) is 18.9 Å². The molecule has 0 radical (unpaired) electrons. The van der Waals surface area contributed by atoms with Crippen LogP contribution in [0.15, 0.2) is 66.5 Å². The summed E-state index contributed by atoms with van der Waals surface area (Å²) in [7, 11) is 1.49. The minimum Gasteiger partial charge on any atom is -0.508 e. The maximum absolute atomic E-state index is 13.2. The minimum absolute atomic E-state index is 0.0297. The van der Waals surface area contributed by atoms with Crippen LogP contribution in [-0.2, 0) is 16.1 Å². The molecule has 1 fully saturated rings. The molecule has 1 aliphatic rings. The van der Waals surface area contributed by atoms with E-state index < -0.39 is 17.7 Å². The number of phenolic OH excluding ortho intramolecular Hbond substituents is 1. The summed E-state index contributed by atoms with van der Waals surface area (Å²) < 4.78 is 5.51. The largest absolute Gasteiger partial charge is 0.508 e. The second-order valence-electron chi connectivity index (χ2n) is 8.04. The van der Waals surface area contributed by atoms with Crippen molar-refractivity contribution in [1.82, 2.24) is 9.88 Å². The molecular weight excluding hydrogens is 420 g/mol. The molecule has 2 heterocycles. The highest BCUT2D eigenvalue weighted by Gasteiger charge is 2.46. The van der Waals surface area contributed by atoms with Crippen molar-refractivity contribution in [3.63, 3.8) is 0 Å². The first-order chi connectivity index (χ1) is 15.8. The molecule has 33 heavy (non-hydrogen) atoms. The van der Waals surface area contributed by atoms with Gasteiger partial charge in [-0.05, 0) is 60.4 Å². The summed E-state index contributed by atoms with van der Waals surface area (Å²) in [5, 5.41) is 21.1. The Morgan fingerprint density at radius 1 is 1.12 bits per heavy atom. The maximum Gasteiger partial charge on any atom is 0.295 e. The van der Waals surface area contributed by atoms with Crippen LogP contribution >= 0.6 is 0 Å². The number of amides is 1. The Morgan fingerprint density at radius 3 is 2.48 bits per heavy atom. The molecule has 0 aliphatic carbocycles. The molecule has 168 valence electrons. The molecule has 7 nitrogen and oxygen atoms in total. The second kappa shape index (κ2) is 8.78. The molecule has 2 aromatic carbocycles. The van der Waals surface area contributed by atoms with Crippen LogP contribution in [0.5, 0.6) is 11.5 Å². The normalized spacial score (nSPS) is 17.4. The number of nitrogens with zero attached hydrogens (tertiary/aromatic N) is 2. The number of aromatic hydroxyl groups is 1. The number of phenols is 1. The van der Waals surface area contributed by atoms with E-state index >= 15 is 0 Å². The van der Waals surface area contributed by atoms with E-state index in [1.54, 1.807) is 36.7 Å². The molecule has 1 saturated heterocycles. The molecule has 1 atom stereocenters. The van der Waals surface area contributed by atoms with Gasteiger partial charge in [-0.25, -0.2) is 0 Å². The van der Waals surface area contributed by atoms with Gasteiger partial charge < -0.3 is 19.8 Å². The van der Waals surface area contributed by atoms with E-state index in [4.69, 9.17) is 4.74 Å². The van der Waals surface area contributed by atoms with E-state index in [1.807, 2.05) is 26.0 Å². The van der Waals surface area contributed by atoms with Gasteiger partial charge in [-0.1, -0.05) is 24.3 Å². The molecule has 0 saturated carbocycles. The van der Waals surface area contributed by atoms with E-state index in [2.05, 4.69) is 4.98 Å². The van der Waals surface area contributed by atoms with Crippen LogP contribution in [0.1, 0.15) is 33.9 Å². The highest BCUT2D eigenvalue weighted by atomic mass is 16.5. The number of pyridine rings is 1. The van der Waals surface area contributed by atoms with Crippen LogP contribution in [0.2, 0.25) is 0 Å². The van der Waals surface area contributed by atoms with Gasteiger partial charge in [0.25, 0.3) is 11.7 Å². The first-order valence-electron chi connectivity index (χ1n) is 10.4. The zero-order valence-corrected chi connectivity index (χ0v) is 18.6. The van der Waals surface area contributed by atoms with Crippen molar-refractivity contribution in [2.45, 2.75) is 26.4 Å². The number of benzene rings is 2. The van der Waals surface area contributed by atoms with Crippen molar-refractivity contribution in [3.05, 3.63) is 94.3 Å². The van der Waals surface area contributed by atoms with Crippen molar-refractivity contribution >= 4 is 17.4 Å². The Labute approximate surface area is 191 Å². The van der Waals surface area contributed by atoms with Gasteiger partial charge in [0.15, 0.2) is 0 Å². The van der Waals surface area contributed by atoms with Gasteiger partial charge in [0.05, 0.1) is 24.3 Å². The van der Waals surface area contributed by atoms with Crippen LogP contribution in [0.4, 0.5) is 0 Å². The number of methoxy groups -OCH3 is 1. The molecule has 1 aliphatic heterocycles. The number of ketones is 1. The number of Topliss-reactive ketones (excluding diaryl/α,β-unsaturated/α-hetero) is 1. The summed E-state index contributed by atoms with van der Waals surface area (Å²) in [5.74, 6) is -1.32. The molecule has 1 unspecified atom stereocenters. The Bertz CT molecular complexity index is 1250. The lowest BCUT2D eigenvalue weighted by molar-refractivity contribution is -0.140. The van der Waals surface area contributed by atoms with Crippen molar-refractivity contribution in [2.24, 2.45) is 0 Å². The van der Waals surface area contributed by atoms with E-state index in [1.165, 1.54) is 24.1 Å². The molecule has 4 rings (SSSR count). The number of hydrogen-bond acceptors (Lipinski definition) is 6. The van der Waals surface area contributed by atoms with Crippen molar-refractivity contribution in [2.75, 3.05) is 7.11 Å². The van der Waals surface area contributed by atoms with Crippen LogP contribution in [-0.4, -0.2) is 38.9 Å². The summed E-state index contributed by atoms with van der Waals surface area (Å²) in [6.07, 6.45) is 3.25. The van der Waals surface area contributed by atoms with Crippen molar-refractivity contribution in [1.29, 1.82) is 0 Å². The fraction of sp³-hybridized carbons (Fsp3) is 0.192. The topological polar surface area (TPSA) is 100.0 Å². The van der Waals surface area contributed by atoms with Gasteiger partial charge in [-0.2, -0.15) is 0 Å². The number of aryl methyl sites for hydroxylation is 2. The number of carbonyl (C=O) groups excluding carboxylic acids is 2. The lowest BCUT2D eigenvalue weighted by Crippen LogP contribution is -2.29. The van der Waals surface area contributed by atoms with Crippen molar-refractivity contribution < 1.29 is 24.5 Å². The molecule has 0 bridgehead atoms. The first kappa shape index (κ1) is 22.1. The summed E-state index contributed by atoms with van der Waals surface area (Å²) in [5.41, 5.74) is 3.31. The summed E-state index contributed by atoms with van der Waals surface area (Å²) >= 11 is 0. The predicted molar refractivity (Wildman–Crippen MR) is 123 cm³/mol. The number of hydrogen-bond donors (Lipinski definition) is 2. The Kier molecular flexibility index (Phi) is 5.87. The van der Waals surface area contributed by atoms with Crippen molar-refractivity contribution in [3.8, 4) is 11.5 Å². The smallest absolute Gasteiger partial charge is 0.295 e. The number of rotatable bonds is 5. The number of carbonyl (C=O) groups is 2. The number of aromatic nitrogens is 1. The summed E-state index contributed by atoms with van der Waals surface area (Å²) in [6.45, 7) is 3.85. The lowest BCUT2D eigenvalue weighted by atomic mass is 9.93. The molecule has 3 aromatic rings. The average Bonchev–Trinajstić information content (AvgIpc) is 3.04. The Hall–Kier alpha value is -4.13. The maximum atomic E-state index is 13.2. The molecule has 7 heteroatoms. The van der Waals surface area contributed by atoms with E-state index in [-0.39, 0.29) is 23.6 Å². The molecule has 2 N–H and O–H groups in total. The minimum atomic E-state index is -0.851. The summed E-state index contributed by atoms with van der Waals surface area (Å²) in [6, 6.07) is 12.6. The predicted octanol–water partition coefficient (Wildman–Crippen LogP) is 4.03. The van der Waals surface area contributed by atoms with Gasteiger partial charge in [0.2, 0.25) is 0 Å². The quantitative estimate of drug-likeness (QED) is 0.350. The van der Waals surface area contributed by atoms with Crippen LogP contribution in [0, 0.1) is 13.8 Å². The van der Waals surface area contributed by atoms with Gasteiger partial charge in [-0.3, -0.25) is 14.6 Å². The Balaban J connectivity index is 1.93. The SMILES string of the molecule is COc1c(C)cc(C)cc1/C(O)=C1\C(=O)C(=O)N(Cc2cccnc2)C1c1ccc(O)cc1. The third-order valence-electron chi connectivity index (χ3n) is 5.70. The zero-order valence-electron chi connectivity index (χ0n) is 18.6.